The molecule has 0 bridgehead atoms. The van der Waals surface area contributed by atoms with E-state index in [0.717, 1.165) is 42.9 Å². The van der Waals surface area contributed by atoms with Crippen LogP contribution in [0.15, 0.2) is 5.51 Å². The number of nitrogens with one attached hydrogen (secondary N) is 1. The number of fused-ring (bicyclic) bond motifs is 1. The van der Waals surface area contributed by atoms with Gasteiger partial charge in [0.05, 0.1) is 11.2 Å². The molecule has 0 saturated carbocycles. The third-order valence-electron chi connectivity index (χ3n) is 4.19. The quantitative estimate of drug-likeness (QED) is 0.927. The summed E-state index contributed by atoms with van der Waals surface area (Å²) in [5.41, 5.74) is 5.65. The summed E-state index contributed by atoms with van der Waals surface area (Å²) in [6.45, 7) is 4.48. The Morgan fingerprint density at radius 1 is 1.55 bits per heavy atom. The number of aryl methyl sites for hydroxylation is 1. The molecule has 2 aromatic heterocycles. The maximum absolute atomic E-state index is 12.6. The third-order valence-corrected chi connectivity index (χ3v) is 5.19. The molecule has 0 aliphatic carbocycles. The van der Waals surface area contributed by atoms with Crippen molar-refractivity contribution in [2.45, 2.75) is 26.3 Å². The van der Waals surface area contributed by atoms with Crippen LogP contribution in [0.3, 0.4) is 0 Å². The van der Waals surface area contributed by atoms with Crippen LogP contribution in [0, 0.1) is 6.92 Å². The molecule has 0 saturated heterocycles. The summed E-state index contributed by atoms with van der Waals surface area (Å²) >= 11 is 1.65. The smallest absolute Gasteiger partial charge is 0.274 e. The van der Waals surface area contributed by atoms with Gasteiger partial charge in [-0.15, -0.1) is 11.3 Å². The SMILES string of the molecule is Cc1ncsc1CCN(C)C(=O)c1n[nH]c2c1CN(C)CC2. The monoisotopic (exact) mass is 319 g/mol. The summed E-state index contributed by atoms with van der Waals surface area (Å²) in [6.07, 6.45) is 1.77. The predicted octanol–water partition coefficient (Wildman–Crippen LogP) is 1.48. The number of nitrogens with zero attached hydrogens (tertiary/aromatic N) is 4. The van der Waals surface area contributed by atoms with E-state index in [9.17, 15) is 4.79 Å². The molecule has 1 aliphatic rings. The van der Waals surface area contributed by atoms with Crippen molar-refractivity contribution < 1.29 is 4.79 Å². The van der Waals surface area contributed by atoms with Crippen LogP contribution in [0.1, 0.15) is 32.3 Å². The molecule has 0 radical (unpaired) electrons. The van der Waals surface area contributed by atoms with Crippen LogP contribution < -0.4 is 0 Å². The van der Waals surface area contributed by atoms with Gasteiger partial charge in [0.2, 0.25) is 0 Å². The average Bonchev–Trinajstić information content (AvgIpc) is 3.09. The zero-order chi connectivity index (χ0) is 15.7. The molecule has 0 spiro atoms. The van der Waals surface area contributed by atoms with E-state index in [2.05, 4.69) is 27.1 Å². The number of carbonyl (C=O) groups excluding carboxylic acids is 1. The first kappa shape index (κ1) is 15.2. The minimum atomic E-state index is -0.00466. The lowest BCUT2D eigenvalue weighted by Gasteiger charge is -2.23. The van der Waals surface area contributed by atoms with E-state index in [-0.39, 0.29) is 5.91 Å². The van der Waals surface area contributed by atoms with E-state index in [1.54, 1.807) is 16.2 Å². The first-order chi connectivity index (χ1) is 10.6. The highest BCUT2D eigenvalue weighted by Crippen LogP contribution is 2.20. The number of amides is 1. The summed E-state index contributed by atoms with van der Waals surface area (Å²) in [5.74, 6) is -0.00466. The molecule has 0 unspecified atom stereocenters. The Bertz CT molecular complexity index is 677. The second kappa shape index (κ2) is 6.18. The lowest BCUT2D eigenvalue weighted by atomic mass is 10.1. The van der Waals surface area contributed by atoms with Crippen LogP contribution in [0.2, 0.25) is 0 Å². The second-order valence-corrected chi connectivity index (χ2v) is 6.79. The molecule has 2 aromatic rings. The lowest BCUT2D eigenvalue weighted by Crippen LogP contribution is -2.32. The predicted molar refractivity (Wildman–Crippen MR) is 86.1 cm³/mol. The van der Waals surface area contributed by atoms with Gasteiger partial charge >= 0.3 is 0 Å². The highest BCUT2D eigenvalue weighted by atomic mass is 32.1. The summed E-state index contributed by atoms with van der Waals surface area (Å²) in [5, 5.41) is 7.29. The zero-order valence-corrected chi connectivity index (χ0v) is 14.0. The lowest BCUT2D eigenvalue weighted by molar-refractivity contribution is 0.0788. The molecule has 6 nitrogen and oxygen atoms in total. The van der Waals surface area contributed by atoms with Gasteiger partial charge in [-0.05, 0) is 14.0 Å². The van der Waals surface area contributed by atoms with E-state index in [0.29, 0.717) is 12.2 Å². The Labute approximate surface area is 134 Å². The topological polar surface area (TPSA) is 65.1 Å². The maximum atomic E-state index is 12.6. The van der Waals surface area contributed by atoms with E-state index in [1.807, 2.05) is 19.5 Å². The maximum Gasteiger partial charge on any atom is 0.274 e. The Hall–Kier alpha value is -1.73. The molecule has 1 amide bonds. The Morgan fingerprint density at radius 3 is 3.09 bits per heavy atom. The van der Waals surface area contributed by atoms with Crippen LogP contribution in [0.25, 0.3) is 0 Å². The molecule has 3 rings (SSSR count). The van der Waals surface area contributed by atoms with Crippen LogP contribution >= 0.6 is 11.3 Å². The highest BCUT2D eigenvalue weighted by molar-refractivity contribution is 7.09. The summed E-state index contributed by atoms with van der Waals surface area (Å²) in [4.78, 5) is 22.1. The van der Waals surface area contributed by atoms with Gasteiger partial charge in [-0.2, -0.15) is 5.10 Å². The van der Waals surface area contributed by atoms with Gasteiger partial charge in [-0.25, -0.2) is 4.98 Å². The molecule has 7 heteroatoms. The number of thiazole rings is 1. The standard InChI is InChI=1S/C15H21N5OS/c1-10-13(22-9-16-10)5-7-20(3)15(21)14-11-8-19(2)6-4-12(11)17-18-14/h9H,4-8H2,1-3H3,(H,17,18). The Morgan fingerprint density at radius 2 is 2.36 bits per heavy atom. The van der Waals surface area contributed by atoms with Crippen molar-refractivity contribution in [2.75, 3.05) is 27.2 Å². The van der Waals surface area contributed by atoms with E-state index >= 15 is 0 Å². The van der Waals surface area contributed by atoms with Crippen molar-refractivity contribution >= 4 is 17.2 Å². The average molecular weight is 319 g/mol. The molecule has 1 N–H and O–H groups in total. The largest absolute Gasteiger partial charge is 0.340 e. The van der Waals surface area contributed by atoms with Gasteiger partial charge in [0, 0.05) is 55.7 Å². The number of hydrogen-bond donors (Lipinski definition) is 1. The Kier molecular flexibility index (Phi) is 4.26. The third kappa shape index (κ3) is 2.91. The van der Waals surface area contributed by atoms with Crippen LogP contribution in [0.5, 0.6) is 0 Å². The molecule has 3 heterocycles. The number of hydrogen-bond acceptors (Lipinski definition) is 5. The summed E-state index contributed by atoms with van der Waals surface area (Å²) < 4.78 is 0. The van der Waals surface area contributed by atoms with E-state index < -0.39 is 0 Å². The molecular formula is C15H21N5OS. The number of aromatic amines is 1. The van der Waals surface area contributed by atoms with Crippen LogP contribution in [0.4, 0.5) is 0 Å². The molecule has 1 aliphatic heterocycles. The van der Waals surface area contributed by atoms with Gasteiger partial charge in [0.25, 0.3) is 5.91 Å². The van der Waals surface area contributed by atoms with Gasteiger partial charge in [0.15, 0.2) is 5.69 Å². The fourth-order valence-electron chi connectivity index (χ4n) is 2.72. The van der Waals surface area contributed by atoms with Crippen molar-refractivity contribution in [1.29, 1.82) is 0 Å². The zero-order valence-electron chi connectivity index (χ0n) is 13.2. The number of carbonyl (C=O) groups is 1. The van der Waals surface area contributed by atoms with E-state index in [1.165, 1.54) is 4.88 Å². The normalized spacial score (nSPS) is 14.9. The van der Waals surface area contributed by atoms with Gasteiger partial charge in [-0.1, -0.05) is 0 Å². The number of aromatic nitrogens is 3. The summed E-state index contributed by atoms with van der Waals surface area (Å²) in [7, 11) is 3.91. The van der Waals surface area contributed by atoms with Crippen molar-refractivity contribution in [3.05, 3.63) is 33.0 Å². The molecule has 0 atom stereocenters. The summed E-state index contributed by atoms with van der Waals surface area (Å²) in [6, 6.07) is 0. The fraction of sp³-hybridized carbons (Fsp3) is 0.533. The number of rotatable bonds is 4. The molecule has 118 valence electrons. The fourth-order valence-corrected chi connectivity index (χ4v) is 3.50. The van der Waals surface area contributed by atoms with Gasteiger partial charge < -0.3 is 9.80 Å². The van der Waals surface area contributed by atoms with Gasteiger partial charge in [-0.3, -0.25) is 9.89 Å². The van der Waals surface area contributed by atoms with Crippen molar-refractivity contribution in [3.63, 3.8) is 0 Å². The van der Waals surface area contributed by atoms with Crippen molar-refractivity contribution in [1.82, 2.24) is 25.0 Å². The van der Waals surface area contributed by atoms with Gasteiger partial charge in [0.1, 0.15) is 0 Å². The second-order valence-electron chi connectivity index (χ2n) is 5.85. The van der Waals surface area contributed by atoms with E-state index in [4.69, 9.17) is 0 Å². The molecule has 0 aromatic carbocycles. The highest BCUT2D eigenvalue weighted by Gasteiger charge is 2.25. The van der Waals surface area contributed by atoms with Crippen LogP contribution in [-0.2, 0) is 19.4 Å². The first-order valence-electron chi connectivity index (χ1n) is 7.45. The molecule has 0 fully saturated rings. The molecular weight excluding hydrogens is 298 g/mol. The minimum absolute atomic E-state index is 0.00466. The number of likely N-dealkylation sites (N-methyl/N-ethyl adjacent to an activating group) is 2. The number of H-pyrrole nitrogens is 1. The first-order valence-corrected chi connectivity index (χ1v) is 8.33. The molecule has 22 heavy (non-hydrogen) atoms. The minimum Gasteiger partial charge on any atom is -0.340 e. The van der Waals surface area contributed by atoms with Crippen molar-refractivity contribution in [2.24, 2.45) is 0 Å². The Balaban J connectivity index is 1.68. The van der Waals surface area contributed by atoms with Crippen LogP contribution in [-0.4, -0.2) is 58.1 Å². The van der Waals surface area contributed by atoms with Crippen molar-refractivity contribution in [3.8, 4) is 0 Å².